The van der Waals surface area contributed by atoms with Gasteiger partial charge in [-0.05, 0) is 56.8 Å². The van der Waals surface area contributed by atoms with Crippen molar-refractivity contribution in [1.29, 1.82) is 0 Å². The topological polar surface area (TPSA) is 70.7 Å². The van der Waals surface area contributed by atoms with Gasteiger partial charge in [0.05, 0.1) is 13.1 Å². The SMILES string of the molecule is Cc1ccc(NC(=O)CN(C)CC(=O)Nc2ccc(OC(F)(F)F)cc2)c(C)c1. The Labute approximate surface area is 166 Å². The molecule has 0 heterocycles. The van der Waals surface area contributed by atoms with Gasteiger partial charge in [0.2, 0.25) is 11.8 Å². The van der Waals surface area contributed by atoms with E-state index in [9.17, 15) is 22.8 Å². The first-order chi connectivity index (χ1) is 13.5. The van der Waals surface area contributed by atoms with Gasteiger partial charge >= 0.3 is 6.36 Å². The Balaban J connectivity index is 1.81. The molecule has 2 aromatic carbocycles. The van der Waals surface area contributed by atoms with Gasteiger partial charge in [-0.2, -0.15) is 0 Å². The minimum atomic E-state index is -4.77. The lowest BCUT2D eigenvalue weighted by Crippen LogP contribution is -2.36. The maximum atomic E-state index is 12.2. The van der Waals surface area contributed by atoms with E-state index < -0.39 is 12.3 Å². The first-order valence-electron chi connectivity index (χ1n) is 8.73. The van der Waals surface area contributed by atoms with E-state index in [4.69, 9.17) is 0 Å². The van der Waals surface area contributed by atoms with Gasteiger partial charge in [-0.3, -0.25) is 14.5 Å². The lowest BCUT2D eigenvalue weighted by Gasteiger charge is -2.17. The summed E-state index contributed by atoms with van der Waals surface area (Å²) in [5.74, 6) is -1.05. The number of aryl methyl sites for hydroxylation is 2. The van der Waals surface area contributed by atoms with E-state index in [1.807, 2.05) is 32.0 Å². The minimum absolute atomic E-state index is 0.000896. The molecular formula is C20H22F3N3O3. The van der Waals surface area contributed by atoms with Crippen molar-refractivity contribution in [3.8, 4) is 5.75 Å². The molecule has 156 valence electrons. The zero-order chi connectivity index (χ0) is 21.6. The molecule has 0 aliphatic heterocycles. The van der Waals surface area contributed by atoms with Crippen molar-refractivity contribution in [2.75, 3.05) is 30.8 Å². The summed E-state index contributed by atoms with van der Waals surface area (Å²) in [4.78, 5) is 25.8. The third-order valence-corrected chi connectivity index (χ3v) is 3.85. The molecule has 29 heavy (non-hydrogen) atoms. The number of ether oxygens (including phenoxy) is 1. The zero-order valence-electron chi connectivity index (χ0n) is 16.3. The van der Waals surface area contributed by atoms with Crippen LogP contribution in [0, 0.1) is 13.8 Å². The van der Waals surface area contributed by atoms with Crippen molar-refractivity contribution in [3.05, 3.63) is 53.6 Å². The van der Waals surface area contributed by atoms with Crippen LogP contribution in [-0.4, -0.2) is 43.2 Å². The molecule has 0 saturated heterocycles. The standard InChI is InChI=1S/C20H22F3N3O3/c1-13-4-9-17(14(2)10-13)25-19(28)12-26(3)11-18(27)24-15-5-7-16(8-6-15)29-20(21,22)23/h4-10H,11-12H2,1-3H3,(H,24,27)(H,25,28). The van der Waals surface area contributed by atoms with E-state index in [1.165, 1.54) is 17.0 Å². The van der Waals surface area contributed by atoms with Gasteiger partial charge < -0.3 is 15.4 Å². The summed E-state index contributed by atoms with van der Waals surface area (Å²) in [5.41, 5.74) is 3.06. The van der Waals surface area contributed by atoms with E-state index in [1.54, 1.807) is 7.05 Å². The predicted octanol–water partition coefficient (Wildman–Crippen LogP) is 3.71. The van der Waals surface area contributed by atoms with Gasteiger partial charge in [-0.15, -0.1) is 13.2 Å². The number of halogens is 3. The van der Waals surface area contributed by atoms with Crippen LogP contribution in [0.2, 0.25) is 0 Å². The van der Waals surface area contributed by atoms with Crippen molar-refractivity contribution in [2.24, 2.45) is 0 Å². The first-order valence-corrected chi connectivity index (χ1v) is 8.73. The molecule has 0 saturated carbocycles. The monoisotopic (exact) mass is 409 g/mol. The molecule has 6 nitrogen and oxygen atoms in total. The molecule has 0 aliphatic carbocycles. The summed E-state index contributed by atoms with van der Waals surface area (Å²) in [6.07, 6.45) is -4.77. The maximum Gasteiger partial charge on any atom is 0.573 e. The second-order valence-corrected chi connectivity index (χ2v) is 6.66. The van der Waals surface area contributed by atoms with Crippen LogP contribution in [0.4, 0.5) is 24.5 Å². The first kappa shape index (κ1) is 22.2. The van der Waals surface area contributed by atoms with Crippen molar-refractivity contribution in [3.63, 3.8) is 0 Å². The number of nitrogens with zero attached hydrogens (tertiary/aromatic N) is 1. The van der Waals surface area contributed by atoms with Gasteiger partial charge in [-0.25, -0.2) is 0 Å². The number of rotatable bonds is 7. The Morgan fingerprint density at radius 3 is 2.10 bits per heavy atom. The summed E-state index contributed by atoms with van der Waals surface area (Å²) < 4.78 is 40.2. The summed E-state index contributed by atoms with van der Waals surface area (Å²) in [7, 11) is 1.61. The molecule has 2 aromatic rings. The third kappa shape index (κ3) is 7.82. The molecule has 2 N–H and O–H groups in total. The largest absolute Gasteiger partial charge is 0.573 e. The minimum Gasteiger partial charge on any atom is -0.406 e. The number of likely N-dealkylation sites (N-methyl/N-ethyl adjacent to an activating group) is 1. The summed E-state index contributed by atoms with van der Waals surface area (Å²) in [5, 5.41) is 5.35. The molecule has 0 bridgehead atoms. The van der Waals surface area contributed by atoms with Crippen molar-refractivity contribution >= 4 is 23.2 Å². The second-order valence-electron chi connectivity index (χ2n) is 6.66. The van der Waals surface area contributed by atoms with Crippen LogP contribution in [0.15, 0.2) is 42.5 Å². The average molecular weight is 409 g/mol. The van der Waals surface area contributed by atoms with E-state index in [-0.39, 0.29) is 24.7 Å². The van der Waals surface area contributed by atoms with Gasteiger partial charge in [0.25, 0.3) is 0 Å². The number of carbonyl (C=O) groups is 2. The summed E-state index contributed by atoms with van der Waals surface area (Å²) in [6.45, 7) is 3.78. The summed E-state index contributed by atoms with van der Waals surface area (Å²) in [6, 6.07) is 10.5. The molecule has 0 spiro atoms. The molecular weight excluding hydrogens is 387 g/mol. The van der Waals surface area contributed by atoms with E-state index in [2.05, 4.69) is 15.4 Å². The molecule has 2 rings (SSSR count). The highest BCUT2D eigenvalue weighted by atomic mass is 19.4. The Hall–Kier alpha value is -3.07. The zero-order valence-corrected chi connectivity index (χ0v) is 16.3. The molecule has 2 amide bonds. The number of hydrogen-bond donors (Lipinski definition) is 2. The normalized spacial score (nSPS) is 11.3. The third-order valence-electron chi connectivity index (χ3n) is 3.85. The van der Waals surface area contributed by atoms with Crippen LogP contribution in [-0.2, 0) is 9.59 Å². The number of benzene rings is 2. The van der Waals surface area contributed by atoms with Crippen molar-refractivity contribution in [2.45, 2.75) is 20.2 Å². The fraction of sp³-hybridized carbons (Fsp3) is 0.300. The molecule has 0 radical (unpaired) electrons. The molecule has 0 aromatic heterocycles. The molecule has 0 unspecified atom stereocenters. The van der Waals surface area contributed by atoms with Crippen molar-refractivity contribution < 1.29 is 27.5 Å². The highest BCUT2D eigenvalue weighted by molar-refractivity contribution is 5.95. The van der Waals surface area contributed by atoms with Crippen LogP contribution in [0.1, 0.15) is 11.1 Å². The van der Waals surface area contributed by atoms with E-state index in [0.29, 0.717) is 11.4 Å². The number of hydrogen-bond acceptors (Lipinski definition) is 4. The van der Waals surface area contributed by atoms with Crippen LogP contribution >= 0.6 is 0 Å². The molecule has 0 fully saturated rings. The number of carbonyl (C=O) groups excluding carboxylic acids is 2. The van der Waals surface area contributed by atoms with Crippen molar-refractivity contribution in [1.82, 2.24) is 4.90 Å². The average Bonchev–Trinajstić information content (AvgIpc) is 2.57. The highest BCUT2D eigenvalue weighted by Gasteiger charge is 2.30. The predicted molar refractivity (Wildman–Crippen MR) is 104 cm³/mol. The molecule has 0 atom stereocenters. The van der Waals surface area contributed by atoms with Crippen LogP contribution in [0.25, 0.3) is 0 Å². The highest BCUT2D eigenvalue weighted by Crippen LogP contribution is 2.24. The van der Waals surface area contributed by atoms with E-state index in [0.717, 1.165) is 23.3 Å². The number of amides is 2. The number of nitrogens with one attached hydrogen (secondary N) is 2. The maximum absolute atomic E-state index is 12.2. The van der Waals surface area contributed by atoms with Gasteiger partial charge in [0, 0.05) is 11.4 Å². The van der Waals surface area contributed by atoms with Crippen LogP contribution in [0.5, 0.6) is 5.75 Å². The Kier molecular flexibility index (Phi) is 7.22. The quantitative estimate of drug-likeness (QED) is 0.732. The lowest BCUT2D eigenvalue weighted by atomic mass is 10.1. The Bertz CT molecular complexity index is 868. The fourth-order valence-electron chi connectivity index (χ4n) is 2.63. The number of anilines is 2. The Morgan fingerprint density at radius 2 is 1.55 bits per heavy atom. The molecule has 0 aliphatic rings. The van der Waals surface area contributed by atoms with Crippen LogP contribution < -0.4 is 15.4 Å². The van der Waals surface area contributed by atoms with Gasteiger partial charge in [0.15, 0.2) is 0 Å². The Morgan fingerprint density at radius 1 is 0.966 bits per heavy atom. The van der Waals surface area contributed by atoms with Crippen LogP contribution in [0.3, 0.4) is 0 Å². The molecule has 9 heteroatoms. The second kappa shape index (κ2) is 9.42. The smallest absolute Gasteiger partial charge is 0.406 e. The number of alkyl halides is 3. The van der Waals surface area contributed by atoms with Gasteiger partial charge in [0.1, 0.15) is 5.75 Å². The fourth-order valence-corrected chi connectivity index (χ4v) is 2.63. The van der Waals surface area contributed by atoms with E-state index >= 15 is 0 Å². The summed E-state index contributed by atoms with van der Waals surface area (Å²) >= 11 is 0. The lowest BCUT2D eigenvalue weighted by molar-refractivity contribution is -0.274. The van der Waals surface area contributed by atoms with Gasteiger partial charge in [-0.1, -0.05) is 17.7 Å².